The Balaban J connectivity index is 1.74. The molecule has 104 valence electrons. The number of carbonyl (C=O) groups is 1. The average molecular weight is 254 g/mol. The highest BCUT2D eigenvalue weighted by atomic mass is 16.2. The van der Waals surface area contributed by atoms with Crippen molar-refractivity contribution in [2.24, 2.45) is 5.73 Å². The first-order chi connectivity index (χ1) is 8.74. The molecule has 2 amide bonds. The van der Waals surface area contributed by atoms with Crippen LogP contribution >= 0.6 is 0 Å². The zero-order chi connectivity index (χ0) is 13.0. The first-order valence-corrected chi connectivity index (χ1v) is 7.24. The molecule has 2 fully saturated rings. The second kappa shape index (κ2) is 6.38. The second-order valence-electron chi connectivity index (χ2n) is 5.39. The number of urea groups is 1. The van der Waals surface area contributed by atoms with Gasteiger partial charge in [0.25, 0.3) is 0 Å². The van der Waals surface area contributed by atoms with Crippen LogP contribution in [-0.4, -0.2) is 60.6 Å². The van der Waals surface area contributed by atoms with Crippen LogP contribution in [-0.2, 0) is 0 Å². The molecule has 0 aromatic heterocycles. The molecule has 0 bridgehead atoms. The van der Waals surface area contributed by atoms with E-state index in [1.165, 1.54) is 0 Å². The molecule has 1 unspecified atom stereocenters. The van der Waals surface area contributed by atoms with E-state index in [4.69, 9.17) is 5.73 Å². The highest BCUT2D eigenvalue weighted by Gasteiger charge is 2.28. The third kappa shape index (κ3) is 3.59. The number of piperazine rings is 1. The summed E-state index contributed by atoms with van der Waals surface area (Å²) < 4.78 is 0. The van der Waals surface area contributed by atoms with Gasteiger partial charge in [-0.1, -0.05) is 6.92 Å². The number of rotatable bonds is 5. The fourth-order valence-corrected chi connectivity index (χ4v) is 2.62. The number of nitrogens with two attached hydrogens (primary N) is 1. The molecular formula is C13H26N4O. The molecular weight excluding hydrogens is 228 g/mol. The van der Waals surface area contributed by atoms with Gasteiger partial charge in [-0.25, -0.2) is 4.79 Å². The summed E-state index contributed by atoms with van der Waals surface area (Å²) in [6.07, 6.45) is 4.51. The van der Waals surface area contributed by atoms with Gasteiger partial charge < -0.3 is 16.0 Å². The SMILES string of the molecule is CCC(CCN)N1CCN(C(=O)NC2CC2)CC1. The van der Waals surface area contributed by atoms with Gasteiger partial charge in [-0.3, -0.25) is 4.90 Å². The van der Waals surface area contributed by atoms with E-state index in [0.717, 1.165) is 58.4 Å². The molecule has 0 radical (unpaired) electrons. The van der Waals surface area contributed by atoms with Crippen molar-refractivity contribution >= 4 is 6.03 Å². The smallest absolute Gasteiger partial charge is 0.317 e. The first-order valence-electron chi connectivity index (χ1n) is 7.24. The minimum atomic E-state index is 0.129. The largest absolute Gasteiger partial charge is 0.335 e. The van der Waals surface area contributed by atoms with Crippen LogP contribution in [0, 0.1) is 0 Å². The first kappa shape index (κ1) is 13.6. The topological polar surface area (TPSA) is 61.6 Å². The quantitative estimate of drug-likeness (QED) is 0.755. The van der Waals surface area contributed by atoms with Crippen LogP contribution in [0.1, 0.15) is 32.6 Å². The van der Waals surface area contributed by atoms with Gasteiger partial charge in [0.05, 0.1) is 0 Å². The van der Waals surface area contributed by atoms with Crippen LogP contribution in [0.4, 0.5) is 4.79 Å². The fourth-order valence-electron chi connectivity index (χ4n) is 2.62. The van der Waals surface area contributed by atoms with Gasteiger partial charge in [-0.2, -0.15) is 0 Å². The summed E-state index contributed by atoms with van der Waals surface area (Å²) >= 11 is 0. The van der Waals surface area contributed by atoms with Crippen molar-refractivity contribution in [1.82, 2.24) is 15.1 Å². The number of nitrogens with zero attached hydrogens (tertiary/aromatic N) is 2. The minimum absolute atomic E-state index is 0.129. The second-order valence-corrected chi connectivity index (χ2v) is 5.39. The summed E-state index contributed by atoms with van der Waals surface area (Å²) in [5.41, 5.74) is 5.65. The van der Waals surface area contributed by atoms with Crippen molar-refractivity contribution in [3.05, 3.63) is 0 Å². The number of carbonyl (C=O) groups excluding carboxylic acids is 1. The molecule has 0 aromatic carbocycles. The van der Waals surface area contributed by atoms with Crippen LogP contribution in [0.15, 0.2) is 0 Å². The van der Waals surface area contributed by atoms with Gasteiger partial charge in [0, 0.05) is 38.3 Å². The van der Waals surface area contributed by atoms with Gasteiger partial charge in [-0.15, -0.1) is 0 Å². The maximum absolute atomic E-state index is 11.9. The van der Waals surface area contributed by atoms with E-state index in [9.17, 15) is 4.79 Å². The minimum Gasteiger partial charge on any atom is -0.335 e. The molecule has 0 spiro atoms. The van der Waals surface area contributed by atoms with E-state index in [1.807, 2.05) is 4.90 Å². The van der Waals surface area contributed by atoms with Crippen LogP contribution in [0.3, 0.4) is 0 Å². The van der Waals surface area contributed by atoms with E-state index in [0.29, 0.717) is 12.1 Å². The van der Waals surface area contributed by atoms with Gasteiger partial charge >= 0.3 is 6.03 Å². The lowest BCUT2D eigenvalue weighted by molar-refractivity contribution is 0.103. The zero-order valence-electron chi connectivity index (χ0n) is 11.4. The Kier molecular flexibility index (Phi) is 4.83. The molecule has 1 atom stereocenters. The van der Waals surface area contributed by atoms with E-state index in [1.54, 1.807) is 0 Å². The van der Waals surface area contributed by atoms with Crippen LogP contribution < -0.4 is 11.1 Å². The normalized spacial score (nSPS) is 22.9. The van der Waals surface area contributed by atoms with Crippen LogP contribution in [0.5, 0.6) is 0 Å². The zero-order valence-corrected chi connectivity index (χ0v) is 11.4. The van der Waals surface area contributed by atoms with Crippen molar-refractivity contribution in [2.45, 2.75) is 44.7 Å². The number of hydrogen-bond donors (Lipinski definition) is 2. The molecule has 2 rings (SSSR count). The maximum atomic E-state index is 11.9. The summed E-state index contributed by atoms with van der Waals surface area (Å²) in [6, 6.07) is 1.17. The summed E-state index contributed by atoms with van der Waals surface area (Å²) in [5, 5.41) is 3.06. The maximum Gasteiger partial charge on any atom is 0.317 e. The van der Waals surface area contributed by atoms with Crippen LogP contribution in [0.2, 0.25) is 0 Å². The summed E-state index contributed by atoms with van der Waals surface area (Å²) in [7, 11) is 0. The Morgan fingerprint density at radius 3 is 2.50 bits per heavy atom. The summed E-state index contributed by atoms with van der Waals surface area (Å²) in [4.78, 5) is 16.3. The number of hydrogen-bond acceptors (Lipinski definition) is 3. The molecule has 1 saturated carbocycles. The Labute approximate surface area is 110 Å². The Morgan fingerprint density at radius 1 is 1.33 bits per heavy atom. The molecule has 5 nitrogen and oxygen atoms in total. The van der Waals surface area contributed by atoms with Crippen molar-refractivity contribution < 1.29 is 4.79 Å². The van der Waals surface area contributed by atoms with E-state index in [2.05, 4.69) is 17.1 Å². The van der Waals surface area contributed by atoms with E-state index in [-0.39, 0.29) is 6.03 Å². The van der Waals surface area contributed by atoms with Gasteiger partial charge in [0.1, 0.15) is 0 Å². The summed E-state index contributed by atoms with van der Waals surface area (Å²) in [6.45, 7) is 6.62. The molecule has 3 N–H and O–H groups in total. The van der Waals surface area contributed by atoms with Crippen molar-refractivity contribution in [2.75, 3.05) is 32.7 Å². The Hall–Kier alpha value is -0.810. The fraction of sp³-hybridized carbons (Fsp3) is 0.923. The molecule has 2 aliphatic rings. The predicted molar refractivity (Wildman–Crippen MR) is 72.5 cm³/mol. The molecule has 1 saturated heterocycles. The Bertz CT molecular complexity index is 272. The monoisotopic (exact) mass is 254 g/mol. The molecule has 1 heterocycles. The molecule has 0 aromatic rings. The molecule has 5 heteroatoms. The van der Waals surface area contributed by atoms with Gasteiger partial charge in [-0.05, 0) is 32.2 Å². The molecule has 1 aliphatic carbocycles. The Morgan fingerprint density at radius 2 is 2.00 bits per heavy atom. The van der Waals surface area contributed by atoms with E-state index >= 15 is 0 Å². The lowest BCUT2D eigenvalue weighted by Crippen LogP contribution is -2.54. The standard InChI is InChI=1S/C13H26N4O/c1-2-12(5-6-14)16-7-9-17(10-8-16)13(18)15-11-3-4-11/h11-12H,2-10,14H2,1H3,(H,15,18). The van der Waals surface area contributed by atoms with Crippen LogP contribution in [0.25, 0.3) is 0 Å². The van der Waals surface area contributed by atoms with E-state index < -0.39 is 0 Å². The highest BCUT2D eigenvalue weighted by molar-refractivity contribution is 5.75. The number of amides is 2. The number of nitrogens with one attached hydrogen (secondary N) is 1. The summed E-state index contributed by atoms with van der Waals surface area (Å²) in [5.74, 6) is 0. The van der Waals surface area contributed by atoms with Crippen molar-refractivity contribution in [3.63, 3.8) is 0 Å². The highest BCUT2D eigenvalue weighted by Crippen LogP contribution is 2.19. The third-order valence-corrected chi connectivity index (χ3v) is 3.99. The lowest BCUT2D eigenvalue weighted by atomic mass is 10.1. The lowest BCUT2D eigenvalue weighted by Gasteiger charge is -2.39. The molecule has 1 aliphatic heterocycles. The van der Waals surface area contributed by atoms with Crippen molar-refractivity contribution in [1.29, 1.82) is 0 Å². The van der Waals surface area contributed by atoms with Gasteiger partial charge in [0.2, 0.25) is 0 Å². The predicted octanol–water partition coefficient (Wildman–Crippen LogP) is 0.603. The van der Waals surface area contributed by atoms with Gasteiger partial charge in [0.15, 0.2) is 0 Å². The molecule has 18 heavy (non-hydrogen) atoms. The third-order valence-electron chi connectivity index (χ3n) is 3.99. The van der Waals surface area contributed by atoms with Crippen molar-refractivity contribution in [3.8, 4) is 0 Å². The average Bonchev–Trinajstić information content (AvgIpc) is 3.20.